The highest BCUT2D eigenvalue weighted by atomic mass is 32.2. The minimum absolute atomic E-state index is 0.147. The van der Waals surface area contributed by atoms with Crippen LogP contribution >= 0.6 is 0 Å². The summed E-state index contributed by atoms with van der Waals surface area (Å²) in [6, 6.07) is 15.3. The Morgan fingerprint density at radius 3 is 1.91 bits per heavy atom. The van der Waals surface area contributed by atoms with Crippen molar-refractivity contribution < 1.29 is 13.0 Å². The van der Waals surface area contributed by atoms with Crippen LogP contribution in [-0.2, 0) is 10.1 Å². The van der Waals surface area contributed by atoms with E-state index in [-0.39, 0.29) is 22.0 Å². The highest BCUT2D eigenvalue weighted by Crippen LogP contribution is 2.30. The molecule has 32 heavy (non-hydrogen) atoms. The van der Waals surface area contributed by atoms with Gasteiger partial charge in [0.25, 0.3) is 10.1 Å². The number of aromatic nitrogens is 6. The van der Waals surface area contributed by atoms with Crippen molar-refractivity contribution in [2.24, 2.45) is 0 Å². The molecule has 3 N–H and O–H groups in total. The third-order valence-electron chi connectivity index (χ3n) is 4.24. The van der Waals surface area contributed by atoms with E-state index in [4.69, 9.17) is 0 Å². The monoisotopic (exact) mass is 448 g/mol. The summed E-state index contributed by atoms with van der Waals surface area (Å²) in [4.78, 5) is -0.291. The van der Waals surface area contributed by atoms with E-state index in [0.29, 0.717) is 5.82 Å². The SMILES string of the molecule is O=S(=O)(O)c1c(/C=C/c2ccccc2Nc2ccnnn2)cccc1Nc1ccnnn1. The summed E-state index contributed by atoms with van der Waals surface area (Å²) in [6.07, 6.45) is 6.23. The maximum absolute atomic E-state index is 12.2. The third kappa shape index (κ3) is 5.06. The molecule has 0 bridgehead atoms. The van der Waals surface area contributed by atoms with Crippen LogP contribution < -0.4 is 10.6 Å². The fourth-order valence-electron chi connectivity index (χ4n) is 2.90. The van der Waals surface area contributed by atoms with Crippen LogP contribution in [-0.4, -0.2) is 43.8 Å². The van der Waals surface area contributed by atoms with Crippen molar-refractivity contribution >= 4 is 45.3 Å². The summed E-state index contributed by atoms with van der Waals surface area (Å²) in [5.74, 6) is 0.781. The van der Waals surface area contributed by atoms with E-state index < -0.39 is 10.1 Å². The number of anilines is 4. The Kier molecular flexibility index (Phi) is 6.05. The van der Waals surface area contributed by atoms with Crippen LogP contribution in [0.2, 0.25) is 0 Å². The van der Waals surface area contributed by atoms with Crippen molar-refractivity contribution in [3.05, 3.63) is 78.1 Å². The molecule has 2 aromatic carbocycles. The Morgan fingerprint density at radius 2 is 1.28 bits per heavy atom. The first-order chi connectivity index (χ1) is 15.5. The van der Waals surface area contributed by atoms with Gasteiger partial charge in [-0.3, -0.25) is 4.55 Å². The third-order valence-corrected chi connectivity index (χ3v) is 5.21. The molecule has 2 aromatic heterocycles. The average molecular weight is 448 g/mol. The molecular formula is C20H16N8O3S. The Labute approximate surface area is 183 Å². The minimum atomic E-state index is -4.57. The zero-order chi connectivity index (χ0) is 22.4. The van der Waals surface area contributed by atoms with Gasteiger partial charge in [0.05, 0.1) is 18.1 Å². The van der Waals surface area contributed by atoms with E-state index >= 15 is 0 Å². The fourth-order valence-corrected chi connectivity index (χ4v) is 3.73. The Hall–Kier alpha value is -4.29. The lowest BCUT2D eigenvalue weighted by Crippen LogP contribution is -2.06. The predicted molar refractivity (Wildman–Crippen MR) is 118 cm³/mol. The van der Waals surface area contributed by atoms with E-state index in [2.05, 4.69) is 41.5 Å². The molecule has 0 aliphatic rings. The lowest BCUT2D eigenvalue weighted by atomic mass is 10.1. The van der Waals surface area contributed by atoms with Crippen LogP contribution in [0.25, 0.3) is 12.2 Å². The Balaban J connectivity index is 1.70. The predicted octanol–water partition coefficient (Wildman–Crippen LogP) is 2.96. The number of benzene rings is 2. The summed E-state index contributed by atoms with van der Waals surface area (Å²) in [5, 5.41) is 28.0. The first kappa shape index (κ1) is 21.0. The standard InChI is InChI=1S/C20H16N8O3S/c29-32(30,31)20-15(5-3-7-17(20)24-19-11-13-22-28-26-19)9-8-14-4-1-2-6-16(14)23-18-10-12-21-27-25-18/h1-13H,(H,21,23,25)(H,22,24,26)(H,29,30,31)/b9-8+. The van der Waals surface area contributed by atoms with Gasteiger partial charge in [-0.2, -0.15) is 8.42 Å². The number of para-hydroxylation sites is 1. The van der Waals surface area contributed by atoms with E-state index in [0.717, 1.165) is 11.3 Å². The van der Waals surface area contributed by atoms with Crippen molar-refractivity contribution in [1.29, 1.82) is 0 Å². The van der Waals surface area contributed by atoms with Crippen molar-refractivity contribution in [1.82, 2.24) is 30.8 Å². The molecule has 0 amide bonds. The van der Waals surface area contributed by atoms with Gasteiger partial charge in [-0.25, -0.2) is 0 Å². The molecule has 0 spiro atoms. The molecule has 0 aliphatic heterocycles. The molecule has 160 valence electrons. The van der Waals surface area contributed by atoms with Gasteiger partial charge in [0.1, 0.15) is 4.90 Å². The summed E-state index contributed by atoms with van der Waals surface area (Å²) in [7, 11) is -4.57. The van der Waals surface area contributed by atoms with Crippen molar-refractivity contribution in [3.63, 3.8) is 0 Å². The zero-order valence-electron chi connectivity index (χ0n) is 16.4. The molecule has 0 fully saturated rings. The van der Waals surface area contributed by atoms with Gasteiger partial charge in [0.15, 0.2) is 11.6 Å². The van der Waals surface area contributed by atoms with Crippen molar-refractivity contribution in [2.45, 2.75) is 4.90 Å². The summed E-state index contributed by atoms with van der Waals surface area (Å²) in [5.41, 5.74) is 1.90. The van der Waals surface area contributed by atoms with Gasteiger partial charge in [-0.1, -0.05) is 42.5 Å². The minimum Gasteiger partial charge on any atom is -0.338 e. The van der Waals surface area contributed by atoms with Gasteiger partial charge < -0.3 is 10.6 Å². The number of hydrogen-bond donors (Lipinski definition) is 3. The van der Waals surface area contributed by atoms with Gasteiger partial charge in [0, 0.05) is 17.8 Å². The van der Waals surface area contributed by atoms with Crippen molar-refractivity contribution in [2.75, 3.05) is 10.6 Å². The number of nitrogens with zero attached hydrogens (tertiary/aromatic N) is 6. The van der Waals surface area contributed by atoms with E-state index in [1.54, 1.807) is 30.4 Å². The summed E-state index contributed by atoms with van der Waals surface area (Å²) >= 11 is 0. The second kappa shape index (κ2) is 9.24. The molecular weight excluding hydrogens is 432 g/mol. The largest absolute Gasteiger partial charge is 0.338 e. The molecule has 0 aliphatic carbocycles. The van der Waals surface area contributed by atoms with Gasteiger partial charge in [-0.05, 0) is 33.7 Å². The lowest BCUT2D eigenvalue weighted by molar-refractivity contribution is 0.483. The zero-order valence-corrected chi connectivity index (χ0v) is 17.2. The Morgan fingerprint density at radius 1 is 0.719 bits per heavy atom. The highest BCUT2D eigenvalue weighted by molar-refractivity contribution is 7.86. The maximum atomic E-state index is 12.2. The normalized spacial score (nSPS) is 11.4. The molecule has 0 saturated heterocycles. The molecule has 4 rings (SSSR count). The maximum Gasteiger partial charge on any atom is 0.297 e. The number of nitrogens with one attached hydrogen (secondary N) is 2. The second-order valence-corrected chi connectivity index (χ2v) is 7.74. The van der Waals surface area contributed by atoms with E-state index in [9.17, 15) is 13.0 Å². The number of rotatable bonds is 7. The van der Waals surface area contributed by atoms with Gasteiger partial charge in [-0.15, -0.1) is 20.4 Å². The van der Waals surface area contributed by atoms with Crippen LogP contribution in [0, 0.1) is 0 Å². The van der Waals surface area contributed by atoms with Crippen LogP contribution in [0.3, 0.4) is 0 Å². The van der Waals surface area contributed by atoms with E-state index in [1.165, 1.54) is 24.5 Å². The molecule has 11 nitrogen and oxygen atoms in total. The second-order valence-electron chi connectivity index (χ2n) is 6.38. The highest BCUT2D eigenvalue weighted by Gasteiger charge is 2.20. The molecule has 4 aromatic rings. The van der Waals surface area contributed by atoms with Gasteiger partial charge in [0.2, 0.25) is 0 Å². The molecule has 0 saturated carbocycles. The first-order valence-electron chi connectivity index (χ1n) is 9.21. The first-order valence-corrected chi connectivity index (χ1v) is 10.6. The smallest absolute Gasteiger partial charge is 0.297 e. The molecule has 2 heterocycles. The Bertz CT molecular complexity index is 1350. The average Bonchev–Trinajstić information content (AvgIpc) is 2.79. The van der Waals surface area contributed by atoms with Gasteiger partial charge >= 0.3 is 0 Å². The van der Waals surface area contributed by atoms with Crippen LogP contribution in [0.15, 0.2) is 71.9 Å². The van der Waals surface area contributed by atoms with Crippen LogP contribution in [0.5, 0.6) is 0 Å². The quantitative estimate of drug-likeness (QED) is 0.282. The molecule has 12 heteroatoms. The fraction of sp³-hybridized carbons (Fsp3) is 0. The molecule has 0 atom stereocenters. The topological polar surface area (TPSA) is 156 Å². The summed E-state index contributed by atoms with van der Waals surface area (Å²) in [6.45, 7) is 0. The van der Waals surface area contributed by atoms with E-state index in [1.807, 2.05) is 24.3 Å². The van der Waals surface area contributed by atoms with Crippen LogP contribution in [0.4, 0.5) is 23.0 Å². The van der Waals surface area contributed by atoms with Crippen molar-refractivity contribution in [3.8, 4) is 0 Å². The lowest BCUT2D eigenvalue weighted by Gasteiger charge is -2.12. The number of hydrogen-bond acceptors (Lipinski definition) is 10. The molecule has 0 radical (unpaired) electrons. The summed E-state index contributed by atoms with van der Waals surface area (Å²) < 4.78 is 34.3. The van der Waals surface area contributed by atoms with Crippen LogP contribution in [0.1, 0.15) is 11.1 Å². The molecule has 0 unspecified atom stereocenters.